The summed E-state index contributed by atoms with van der Waals surface area (Å²) in [6.07, 6.45) is 3.50. The van der Waals surface area contributed by atoms with Crippen LogP contribution in [0.3, 0.4) is 0 Å². The predicted octanol–water partition coefficient (Wildman–Crippen LogP) is 3.47. The largest absolute Gasteiger partial charge is 0.319 e. The van der Waals surface area contributed by atoms with Crippen molar-refractivity contribution < 1.29 is 4.79 Å². The molecule has 1 aromatic carbocycles. The summed E-state index contributed by atoms with van der Waals surface area (Å²) in [5.74, 6) is -0.257. The number of anilines is 1. The lowest BCUT2D eigenvalue weighted by atomic mass is 10.2. The highest BCUT2D eigenvalue weighted by Crippen LogP contribution is 2.22. The summed E-state index contributed by atoms with van der Waals surface area (Å²) in [6, 6.07) is 9.50. The highest BCUT2D eigenvalue weighted by molar-refractivity contribution is 9.10. The van der Waals surface area contributed by atoms with Crippen molar-refractivity contribution in [3.05, 3.63) is 52.9 Å². The molecule has 3 aromatic rings. The number of hydrogen-bond donors (Lipinski definition) is 1. The van der Waals surface area contributed by atoms with Gasteiger partial charge in [-0.25, -0.2) is 0 Å². The van der Waals surface area contributed by atoms with E-state index in [0.29, 0.717) is 22.4 Å². The third kappa shape index (κ3) is 2.67. The van der Waals surface area contributed by atoms with Crippen LogP contribution in [0, 0.1) is 0 Å². The maximum absolute atomic E-state index is 12.4. The summed E-state index contributed by atoms with van der Waals surface area (Å²) >= 11 is 3.36. The highest BCUT2D eigenvalue weighted by atomic mass is 79.9. The molecule has 0 spiro atoms. The van der Waals surface area contributed by atoms with Gasteiger partial charge in [0.1, 0.15) is 0 Å². The van der Waals surface area contributed by atoms with Crippen LogP contribution in [0.2, 0.25) is 0 Å². The molecule has 106 valence electrons. The summed E-state index contributed by atoms with van der Waals surface area (Å²) in [5.41, 5.74) is 1.81. The van der Waals surface area contributed by atoms with E-state index in [1.807, 2.05) is 37.3 Å². The molecular formula is C15H13BrN4O. The molecule has 1 amide bonds. The van der Waals surface area contributed by atoms with Crippen LogP contribution in [-0.4, -0.2) is 20.7 Å². The van der Waals surface area contributed by atoms with E-state index in [1.165, 1.54) is 0 Å². The molecule has 5 nitrogen and oxygen atoms in total. The monoisotopic (exact) mass is 344 g/mol. The number of carbonyl (C=O) groups excluding carboxylic acids is 1. The van der Waals surface area contributed by atoms with E-state index in [0.717, 1.165) is 10.9 Å². The van der Waals surface area contributed by atoms with Gasteiger partial charge in [-0.1, -0.05) is 18.2 Å². The second-order valence-electron chi connectivity index (χ2n) is 4.52. The Morgan fingerprint density at radius 2 is 2.14 bits per heavy atom. The molecule has 0 saturated heterocycles. The fourth-order valence-corrected chi connectivity index (χ4v) is 2.60. The van der Waals surface area contributed by atoms with Crippen molar-refractivity contribution in [1.82, 2.24) is 14.8 Å². The van der Waals surface area contributed by atoms with Gasteiger partial charge in [0, 0.05) is 24.3 Å². The number of carbonyl (C=O) groups is 1. The number of amides is 1. The van der Waals surface area contributed by atoms with E-state index in [-0.39, 0.29) is 5.91 Å². The van der Waals surface area contributed by atoms with Crippen LogP contribution in [0.4, 0.5) is 5.69 Å². The Kier molecular flexibility index (Phi) is 3.70. The third-order valence-electron chi connectivity index (χ3n) is 3.14. The van der Waals surface area contributed by atoms with Gasteiger partial charge in [-0.15, -0.1) is 0 Å². The molecule has 0 fully saturated rings. The molecule has 0 saturated carbocycles. The Hall–Kier alpha value is -2.21. The molecular weight excluding hydrogens is 332 g/mol. The normalized spacial score (nSPS) is 10.8. The van der Waals surface area contributed by atoms with Crippen molar-refractivity contribution in [3.8, 4) is 0 Å². The standard InChI is InChI=1S/C15H13BrN4O/c1-2-20-9-11(16)14(19-20)15(21)18-12-7-3-5-10-6-4-8-17-13(10)12/h3-9H,2H2,1H3,(H,18,21). The van der Waals surface area contributed by atoms with E-state index in [4.69, 9.17) is 0 Å². The molecule has 0 radical (unpaired) electrons. The molecule has 0 aliphatic heterocycles. The molecule has 0 unspecified atom stereocenters. The van der Waals surface area contributed by atoms with E-state index in [9.17, 15) is 4.79 Å². The van der Waals surface area contributed by atoms with Gasteiger partial charge in [0.2, 0.25) is 0 Å². The lowest BCUT2D eigenvalue weighted by Gasteiger charge is -2.06. The fraction of sp³-hybridized carbons (Fsp3) is 0.133. The number of aromatic nitrogens is 3. The number of hydrogen-bond acceptors (Lipinski definition) is 3. The van der Waals surface area contributed by atoms with E-state index >= 15 is 0 Å². The quantitative estimate of drug-likeness (QED) is 0.791. The molecule has 6 heteroatoms. The van der Waals surface area contributed by atoms with Gasteiger partial charge >= 0.3 is 0 Å². The van der Waals surface area contributed by atoms with Gasteiger partial charge in [-0.2, -0.15) is 5.10 Å². The summed E-state index contributed by atoms with van der Waals surface area (Å²) in [6.45, 7) is 2.68. The van der Waals surface area contributed by atoms with Crippen LogP contribution in [0.1, 0.15) is 17.4 Å². The van der Waals surface area contributed by atoms with Crippen molar-refractivity contribution in [1.29, 1.82) is 0 Å². The molecule has 0 aliphatic carbocycles. The fourth-order valence-electron chi connectivity index (χ4n) is 2.10. The smallest absolute Gasteiger partial charge is 0.277 e. The Balaban J connectivity index is 1.94. The van der Waals surface area contributed by atoms with Crippen molar-refractivity contribution in [2.45, 2.75) is 13.5 Å². The van der Waals surface area contributed by atoms with Gasteiger partial charge in [0.05, 0.1) is 15.7 Å². The first kappa shape index (κ1) is 13.8. The van der Waals surface area contributed by atoms with Crippen molar-refractivity contribution in [2.75, 3.05) is 5.32 Å². The van der Waals surface area contributed by atoms with Crippen LogP contribution in [0.15, 0.2) is 47.2 Å². The SMILES string of the molecule is CCn1cc(Br)c(C(=O)Nc2cccc3cccnc23)n1. The van der Waals surface area contributed by atoms with Crippen LogP contribution < -0.4 is 5.32 Å². The first-order valence-electron chi connectivity index (χ1n) is 6.57. The summed E-state index contributed by atoms with van der Waals surface area (Å²) < 4.78 is 2.38. The zero-order valence-electron chi connectivity index (χ0n) is 11.4. The van der Waals surface area contributed by atoms with Crippen LogP contribution in [-0.2, 0) is 6.54 Å². The summed E-state index contributed by atoms with van der Waals surface area (Å²) in [7, 11) is 0. The van der Waals surface area contributed by atoms with E-state index < -0.39 is 0 Å². The molecule has 21 heavy (non-hydrogen) atoms. The van der Waals surface area contributed by atoms with Crippen LogP contribution in [0.5, 0.6) is 0 Å². The van der Waals surface area contributed by atoms with Crippen molar-refractivity contribution >= 4 is 38.4 Å². The Bertz CT molecular complexity index is 807. The number of aryl methyl sites for hydroxylation is 1. The van der Waals surface area contributed by atoms with E-state index in [1.54, 1.807) is 17.1 Å². The lowest BCUT2D eigenvalue weighted by molar-refractivity contribution is 0.102. The zero-order chi connectivity index (χ0) is 14.8. The number of para-hydroxylation sites is 1. The lowest BCUT2D eigenvalue weighted by Crippen LogP contribution is -2.14. The Morgan fingerprint density at radius 1 is 1.33 bits per heavy atom. The third-order valence-corrected chi connectivity index (χ3v) is 3.72. The molecule has 1 N–H and O–H groups in total. The topological polar surface area (TPSA) is 59.8 Å². The molecule has 2 heterocycles. The highest BCUT2D eigenvalue weighted by Gasteiger charge is 2.16. The van der Waals surface area contributed by atoms with Crippen molar-refractivity contribution in [2.24, 2.45) is 0 Å². The molecule has 3 rings (SSSR count). The molecule has 0 bridgehead atoms. The minimum absolute atomic E-state index is 0.257. The van der Waals surface area contributed by atoms with E-state index in [2.05, 4.69) is 31.3 Å². The Labute approximate surface area is 130 Å². The second kappa shape index (κ2) is 5.65. The average Bonchev–Trinajstić information content (AvgIpc) is 2.89. The number of pyridine rings is 1. The van der Waals surface area contributed by atoms with Crippen molar-refractivity contribution in [3.63, 3.8) is 0 Å². The van der Waals surface area contributed by atoms with Gasteiger partial charge in [0.25, 0.3) is 5.91 Å². The molecule has 0 atom stereocenters. The number of fused-ring (bicyclic) bond motifs is 1. The average molecular weight is 345 g/mol. The first-order valence-corrected chi connectivity index (χ1v) is 7.36. The summed E-state index contributed by atoms with van der Waals surface area (Å²) in [5, 5.41) is 8.09. The van der Waals surface area contributed by atoms with Crippen LogP contribution >= 0.6 is 15.9 Å². The number of halogens is 1. The maximum atomic E-state index is 12.4. The predicted molar refractivity (Wildman–Crippen MR) is 85.3 cm³/mol. The number of nitrogens with one attached hydrogen (secondary N) is 1. The Morgan fingerprint density at radius 3 is 2.90 bits per heavy atom. The maximum Gasteiger partial charge on any atom is 0.277 e. The summed E-state index contributed by atoms with van der Waals surface area (Å²) in [4.78, 5) is 16.7. The zero-order valence-corrected chi connectivity index (χ0v) is 13.0. The number of nitrogens with zero attached hydrogens (tertiary/aromatic N) is 3. The van der Waals surface area contributed by atoms with Gasteiger partial charge in [-0.05, 0) is 35.0 Å². The van der Waals surface area contributed by atoms with Crippen LogP contribution in [0.25, 0.3) is 10.9 Å². The minimum Gasteiger partial charge on any atom is -0.319 e. The minimum atomic E-state index is -0.257. The molecule has 2 aromatic heterocycles. The number of benzene rings is 1. The first-order chi connectivity index (χ1) is 10.2. The number of rotatable bonds is 3. The van der Waals surface area contributed by atoms with Gasteiger partial charge in [-0.3, -0.25) is 14.5 Å². The second-order valence-corrected chi connectivity index (χ2v) is 5.37. The molecule has 0 aliphatic rings. The van der Waals surface area contributed by atoms with Gasteiger partial charge in [0.15, 0.2) is 5.69 Å². The van der Waals surface area contributed by atoms with Gasteiger partial charge < -0.3 is 5.32 Å².